The van der Waals surface area contributed by atoms with Gasteiger partial charge in [-0.05, 0) is 30.9 Å². The molecular weight excluding hydrogens is 319 g/mol. The number of hydrogen-bond acceptors (Lipinski definition) is 4. The maximum absolute atomic E-state index is 13.6. The number of carbonyl (C=O) groups excluding carboxylic acids is 1. The van der Waals surface area contributed by atoms with Crippen molar-refractivity contribution in [1.29, 1.82) is 0 Å². The Morgan fingerprint density at radius 1 is 1.35 bits per heavy atom. The van der Waals surface area contributed by atoms with Crippen molar-refractivity contribution in [3.63, 3.8) is 0 Å². The van der Waals surface area contributed by atoms with Crippen LogP contribution in [0, 0.1) is 5.82 Å². The molecule has 0 saturated heterocycles. The Bertz CT molecular complexity index is 755. The Kier molecular flexibility index (Phi) is 4.12. The van der Waals surface area contributed by atoms with Gasteiger partial charge < -0.3 is 10.4 Å². The number of nitrogens with one attached hydrogen (secondary N) is 1. The average molecular weight is 334 g/mol. The van der Waals surface area contributed by atoms with Crippen molar-refractivity contribution in [3.8, 4) is 0 Å². The van der Waals surface area contributed by atoms with Crippen molar-refractivity contribution in [2.24, 2.45) is 0 Å². The highest BCUT2D eigenvalue weighted by atomic mass is 32.1. The molecule has 7 heteroatoms. The van der Waals surface area contributed by atoms with Crippen LogP contribution in [0.2, 0.25) is 0 Å². The predicted octanol–water partition coefficient (Wildman–Crippen LogP) is 2.61. The topological polar surface area (TPSA) is 79.3 Å². The third-order valence-corrected chi connectivity index (χ3v) is 4.90. The van der Waals surface area contributed by atoms with E-state index in [-0.39, 0.29) is 11.5 Å². The lowest BCUT2D eigenvalue weighted by atomic mass is 9.76. The van der Waals surface area contributed by atoms with Crippen molar-refractivity contribution < 1.29 is 19.1 Å². The van der Waals surface area contributed by atoms with E-state index in [1.165, 1.54) is 17.4 Å². The maximum atomic E-state index is 13.6. The second-order valence-electron chi connectivity index (χ2n) is 5.59. The number of carboxylic acid groups (broad SMARTS) is 1. The van der Waals surface area contributed by atoms with Crippen LogP contribution in [0.15, 0.2) is 29.6 Å². The predicted molar refractivity (Wildman–Crippen MR) is 83.0 cm³/mol. The molecular formula is C16H15FN2O3S. The highest BCUT2D eigenvalue weighted by molar-refractivity contribution is 7.09. The van der Waals surface area contributed by atoms with Gasteiger partial charge in [0.05, 0.1) is 5.01 Å². The van der Waals surface area contributed by atoms with Crippen LogP contribution in [0.5, 0.6) is 0 Å². The molecule has 3 rings (SSSR count). The summed E-state index contributed by atoms with van der Waals surface area (Å²) in [5.74, 6) is -1.82. The fourth-order valence-electron chi connectivity index (χ4n) is 2.51. The summed E-state index contributed by atoms with van der Waals surface area (Å²) < 4.78 is 13.6. The van der Waals surface area contributed by atoms with Crippen LogP contribution in [0.1, 0.15) is 40.3 Å². The molecule has 0 atom stereocenters. The monoisotopic (exact) mass is 334 g/mol. The Hall–Kier alpha value is -2.28. The molecule has 1 aliphatic carbocycles. The number of rotatable bonds is 5. The van der Waals surface area contributed by atoms with Crippen LogP contribution >= 0.6 is 11.3 Å². The molecule has 0 radical (unpaired) electrons. The van der Waals surface area contributed by atoms with Crippen LogP contribution in [0.25, 0.3) is 0 Å². The minimum Gasteiger partial charge on any atom is -0.480 e. The van der Waals surface area contributed by atoms with Gasteiger partial charge in [-0.2, -0.15) is 0 Å². The zero-order chi connectivity index (χ0) is 16.4. The van der Waals surface area contributed by atoms with E-state index in [1.54, 1.807) is 23.6 Å². The molecule has 1 fully saturated rings. The van der Waals surface area contributed by atoms with Crippen molar-refractivity contribution in [3.05, 3.63) is 51.7 Å². The van der Waals surface area contributed by atoms with E-state index in [1.807, 2.05) is 0 Å². The highest BCUT2D eigenvalue weighted by Gasteiger charge is 2.46. The van der Waals surface area contributed by atoms with E-state index in [9.17, 15) is 19.1 Å². The first kappa shape index (κ1) is 15.6. The van der Waals surface area contributed by atoms with Crippen LogP contribution < -0.4 is 5.32 Å². The summed E-state index contributed by atoms with van der Waals surface area (Å²) in [5, 5.41) is 14.0. The third-order valence-electron chi connectivity index (χ3n) is 4.05. The van der Waals surface area contributed by atoms with E-state index in [0.717, 1.165) is 6.42 Å². The Labute approximate surface area is 136 Å². The van der Waals surface area contributed by atoms with Gasteiger partial charge >= 0.3 is 5.97 Å². The Morgan fingerprint density at radius 2 is 2.09 bits per heavy atom. The van der Waals surface area contributed by atoms with Crippen molar-refractivity contribution in [2.75, 3.05) is 0 Å². The van der Waals surface area contributed by atoms with Crippen LogP contribution in [0.4, 0.5) is 4.39 Å². The first-order valence-corrected chi connectivity index (χ1v) is 8.12. The van der Waals surface area contributed by atoms with E-state index < -0.39 is 17.4 Å². The van der Waals surface area contributed by atoms with Gasteiger partial charge in [0.1, 0.15) is 17.1 Å². The molecule has 1 aliphatic rings. The highest BCUT2D eigenvalue weighted by Crippen LogP contribution is 2.32. The molecule has 0 unspecified atom stereocenters. The van der Waals surface area contributed by atoms with Gasteiger partial charge in [-0.3, -0.25) is 4.79 Å². The molecule has 0 bridgehead atoms. The first-order valence-electron chi connectivity index (χ1n) is 7.24. The van der Waals surface area contributed by atoms with Gasteiger partial charge in [0.15, 0.2) is 0 Å². The third kappa shape index (κ3) is 3.10. The molecule has 5 nitrogen and oxygen atoms in total. The summed E-state index contributed by atoms with van der Waals surface area (Å²) in [5.41, 5.74) is -0.476. The molecule has 1 amide bonds. The molecule has 1 saturated carbocycles. The number of thiazole rings is 1. The largest absolute Gasteiger partial charge is 0.480 e. The van der Waals surface area contributed by atoms with E-state index in [4.69, 9.17) is 0 Å². The molecule has 2 aromatic rings. The molecule has 1 heterocycles. The number of carboxylic acids is 1. The normalized spacial score (nSPS) is 15.7. The van der Waals surface area contributed by atoms with Crippen molar-refractivity contribution in [1.82, 2.24) is 10.3 Å². The first-order chi connectivity index (χ1) is 11.0. The average Bonchev–Trinajstić information content (AvgIpc) is 2.93. The summed E-state index contributed by atoms with van der Waals surface area (Å²) in [6.45, 7) is 0. The summed E-state index contributed by atoms with van der Waals surface area (Å²) in [6.07, 6.45) is 1.94. The fraction of sp³-hybridized carbons (Fsp3) is 0.312. The Balaban J connectivity index is 1.70. The summed E-state index contributed by atoms with van der Waals surface area (Å²) in [4.78, 5) is 27.7. The van der Waals surface area contributed by atoms with E-state index in [2.05, 4.69) is 10.3 Å². The number of carbonyl (C=O) groups is 2. The number of aromatic nitrogens is 1. The lowest BCUT2D eigenvalue weighted by Crippen LogP contribution is -2.59. The van der Waals surface area contributed by atoms with Gasteiger partial charge in [-0.25, -0.2) is 14.2 Å². The van der Waals surface area contributed by atoms with E-state index in [0.29, 0.717) is 29.8 Å². The lowest BCUT2D eigenvalue weighted by molar-refractivity contribution is -0.148. The summed E-state index contributed by atoms with van der Waals surface area (Å²) >= 11 is 1.26. The smallest absolute Gasteiger partial charge is 0.329 e. The van der Waals surface area contributed by atoms with Gasteiger partial charge in [-0.15, -0.1) is 11.3 Å². The zero-order valence-corrected chi connectivity index (χ0v) is 13.0. The second-order valence-corrected chi connectivity index (χ2v) is 6.53. The number of benzene rings is 1. The van der Waals surface area contributed by atoms with Crippen molar-refractivity contribution >= 4 is 23.2 Å². The molecule has 0 spiro atoms. The summed E-state index contributed by atoms with van der Waals surface area (Å²) in [6, 6.07) is 6.41. The summed E-state index contributed by atoms with van der Waals surface area (Å²) in [7, 11) is 0. The zero-order valence-electron chi connectivity index (χ0n) is 12.2. The number of amides is 1. The molecule has 120 valence electrons. The molecule has 0 aliphatic heterocycles. The van der Waals surface area contributed by atoms with Crippen LogP contribution in [-0.4, -0.2) is 27.5 Å². The number of hydrogen-bond donors (Lipinski definition) is 2. The minimum atomic E-state index is -1.16. The number of aliphatic carboxylic acids is 1. The van der Waals surface area contributed by atoms with Gasteiger partial charge in [-0.1, -0.05) is 18.2 Å². The van der Waals surface area contributed by atoms with Gasteiger partial charge in [0.2, 0.25) is 0 Å². The minimum absolute atomic E-state index is 0.175. The molecule has 2 N–H and O–H groups in total. The maximum Gasteiger partial charge on any atom is 0.329 e. The van der Waals surface area contributed by atoms with Gasteiger partial charge in [0, 0.05) is 11.8 Å². The fourth-order valence-corrected chi connectivity index (χ4v) is 3.30. The number of nitrogens with zero attached hydrogens (tertiary/aromatic N) is 1. The number of halogens is 1. The van der Waals surface area contributed by atoms with E-state index >= 15 is 0 Å². The second kappa shape index (κ2) is 6.08. The molecule has 1 aromatic heterocycles. The van der Waals surface area contributed by atoms with Gasteiger partial charge in [0.25, 0.3) is 5.91 Å². The van der Waals surface area contributed by atoms with Crippen LogP contribution in [-0.2, 0) is 11.2 Å². The Morgan fingerprint density at radius 3 is 2.70 bits per heavy atom. The van der Waals surface area contributed by atoms with Crippen LogP contribution in [0.3, 0.4) is 0 Å². The quantitative estimate of drug-likeness (QED) is 0.881. The molecule has 23 heavy (non-hydrogen) atoms. The molecule has 1 aromatic carbocycles. The lowest BCUT2D eigenvalue weighted by Gasteiger charge is -2.37. The van der Waals surface area contributed by atoms with Crippen molar-refractivity contribution in [2.45, 2.75) is 31.2 Å². The standard InChI is InChI=1S/C16H15FN2O3S/c17-11-5-2-1-4-10(11)8-13-18-12(9-23-13)14(20)19-16(15(21)22)6-3-7-16/h1-2,4-5,9H,3,6-8H2,(H,19,20)(H,21,22). The SMILES string of the molecule is O=C(NC1(C(=O)O)CCC1)c1csc(Cc2ccccc2F)n1.